The largest absolute Gasteiger partial charge is 0.376 e. The molecule has 0 radical (unpaired) electrons. The van der Waals surface area contributed by atoms with Gasteiger partial charge < -0.3 is 10.6 Å². The molecule has 0 fully saturated rings. The van der Waals surface area contributed by atoms with Gasteiger partial charge in [0.25, 0.3) is 0 Å². The van der Waals surface area contributed by atoms with Gasteiger partial charge in [-0.3, -0.25) is 4.79 Å². The number of para-hydroxylation sites is 1. The average molecular weight is 387 g/mol. The summed E-state index contributed by atoms with van der Waals surface area (Å²) in [6, 6.07) is 15.0. The van der Waals surface area contributed by atoms with E-state index in [1.54, 1.807) is 4.68 Å². The van der Waals surface area contributed by atoms with Crippen LogP contribution in [0.25, 0.3) is 5.69 Å². The van der Waals surface area contributed by atoms with E-state index >= 15 is 0 Å². The van der Waals surface area contributed by atoms with Crippen molar-refractivity contribution in [1.82, 2.24) is 20.2 Å². The lowest BCUT2D eigenvalue weighted by Gasteiger charge is -2.10. The van der Waals surface area contributed by atoms with Crippen LogP contribution in [0, 0.1) is 6.92 Å². The van der Waals surface area contributed by atoms with Gasteiger partial charge in [-0.15, -0.1) is 5.10 Å². The third-order valence-corrected chi connectivity index (χ3v) is 4.01. The molecular weight excluding hydrogens is 372 g/mol. The number of aryl methyl sites for hydroxylation is 1. The highest BCUT2D eigenvalue weighted by Gasteiger charge is 2.07. The predicted molar refractivity (Wildman–Crippen MR) is 95.2 cm³/mol. The van der Waals surface area contributed by atoms with E-state index in [4.69, 9.17) is 0 Å². The number of benzene rings is 2. The van der Waals surface area contributed by atoms with Crippen LogP contribution in [0.2, 0.25) is 0 Å². The van der Waals surface area contributed by atoms with Crippen molar-refractivity contribution in [1.29, 1.82) is 0 Å². The zero-order chi connectivity index (χ0) is 16.9. The van der Waals surface area contributed by atoms with Crippen LogP contribution in [0.3, 0.4) is 0 Å². The van der Waals surface area contributed by atoms with Crippen LogP contribution in [-0.2, 0) is 4.79 Å². The molecule has 0 unspecified atom stereocenters. The molecule has 24 heavy (non-hydrogen) atoms. The molecule has 0 aliphatic heterocycles. The van der Waals surface area contributed by atoms with Crippen molar-refractivity contribution in [2.75, 3.05) is 17.2 Å². The molecule has 0 aliphatic carbocycles. The molecule has 3 aromatic rings. The molecule has 8 heteroatoms. The van der Waals surface area contributed by atoms with Crippen molar-refractivity contribution in [2.45, 2.75) is 6.92 Å². The first-order chi connectivity index (χ1) is 11.6. The number of hydrogen-bond acceptors (Lipinski definition) is 5. The van der Waals surface area contributed by atoms with Gasteiger partial charge >= 0.3 is 0 Å². The summed E-state index contributed by atoms with van der Waals surface area (Å²) in [5, 5.41) is 17.4. The Morgan fingerprint density at radius 2 is 2.04 bits per heavy atom. The molecule has 0 aliphatic rings. The monoisotopic (exact) mass is 386 g/mol. The van der Waals surface area contributed by atoms with E-state index in [0.29, 0.717) is 5.82 Å². The van der Waals surface area contributed by atoms with Gasteiger partial charge in [-0.25, -0.2) is 0 Å². The number of halogens is 1. The molecule has 0 atom stereocenters. The summed E-state index contributed by atoms with van der Waals surface area (Å²) in [4.78, 5) is 12.1. The van der Waals surface area contributed by atoms with Crippen molar-refractivity contribution in [3.63, 3.8) is 0 Å². The summed E-state index contributed by atoms with van der Waals surface area (Å²) in [7, 11) is 0. The Hall–Kier alpha value is -2.74. The van der Waals surface area contributed by atoms with Gasteiger partial charge in [-0.05, 0) is 63.6 Å². The normalized spacial score (nSPS) is 10.4. The van der Waals surface area contributed by atoms with Gasteiger partial charge in [0.2, 0.25) is 5.91 Å². The number of rotatable bonds is 5. The van der Waals surface area contributed by atoms with Crippen LogP contribution >= 0.6 is 15.9 Å². The Bertz CT molecular complexity index is 863. The lowest BCUT2D eigenvalue weighted by molar-refractivity contribution is -0.114. The Morgan fingerprint density at radius 3 is 2.79 bits per heavy atom. The molecule has 2 aromatic carbocycles. The van der Waals surface area contributed by atoms with Crippen LogP contribution in [0.15, 0.2) is 53.0 Å². The number of aromatic nitrogens is 4. The zero-order valence-electron chi connectivity index (χ0n) is 12.9. The molecule has 7 nitrogen and oxygen atoms in total. The highest BCUT2D eigenvalue weighted by Crippen LogP contribution is 2.21. The summed E-state index contributed by atoms with van der Waals surface area (Å²) in [6.07, 6.45) is 0. The minimum Gasteiger partial charge on any atom is -0.376 e. The lowest BCUT2D eigenvalue weighted by atomic mass is 10.2. The SMILES string of the molecule is Cc1nnnn1-c1cccc(NCC(=O)Nc2ccccc2Br)c1. The summed E-state index contributed by atoms with van der Waals surface area (Å²) < 4.78 is 2.47. The first-order valence-corrected chi connectivity index (χ1v) is 8.06. The third-order valence-electron chi connectivity index (χ3n) is 3.32. The van der Waals surface area contributed by atoms with Crippen molar-refractivity contribution in [3.8, 4) is 5.69 Å². The number of anilines is 2. The maximum Gasteiger partial charge on any atom is 0.243 e. The quantitative estimate of drug-likeness (QED) is 0.703. The number of tetrazole rings is 1. The van der Waals surface area contributed by atoms with Gasteiger partial charge in [0.05, 0.1) is 17.9 Å². The molecule has 1 aromatic heterocycles. The Labute approximate surface area is 147 Å². The smallest absolute Gasteiger partial charge is 0.243 e. The number of nitrogens with one attached hydrogen (secondary N) is 2. The molecule has 0 saturated carbocycles. The van der Waals surface area contributed by atoms with E-state index < -0.39 is 0 Å². The van der Waals surface area contributed by atoms with E-state index in [1.807, 2.05) is 55.5 Å². The van der Waals surface area contributed by atoms with E-state index in [0.717, 1.165) is 21.5 Å². The minimum absolute atomic E-state index is 0.133. The van der Waals surface area contributed by atoms with E-state index in [9.17, 15) is 4.79 Å². The van der Waals surface area contributed by atoms with Gasteiger partial charge in [0.15, 0.2) is 5.82 Å². The topological polar surface area (TPSA) is 84.7 Å². The molecule has 2 N–H and O–H groups in total. The fourth-order valence-electron chi connectivity index (χ4n) is 2.16. The molecule has 0 saturated heterocycles. The summed E-state index contributed by atoms with van der Waals surface area (Å²) >= 11 is 3.40. The zero-order valence-corrected chi connectivity index (χ0v) is 14.5. The van der Waals surface area contributed by atoms with Gasteiger partial charge in [-0.2, -0.15) is 4.68 Å². The first kappa shape index (κ1) is 16.1. The third kappa shape index (κ3) is 3.77. The van der Waals surface area contributed by atoms with E-state index in [-0.39, 0.29) is 12.5 Å². The highest BCUT2D eigenvalue weighted by molar-refractivity contribution is 9.10. The molecular formula is C16H15BrN6O. The number of nitrogens with zero attached hydrogens (tertiary/aromatic N) is 4. The van der Waals surface area contributed by atoms with Crippen LogP contribution in [0.1, 0.15) is 5.82 Å². The van der Waals surface area contributed by atoms with E-state index in [2.05, 4.69) is 42.1 Å². The van der Waals surface area contributed by atoms with Crippen LogP contribution in [0.5, 0.6) is 0 Å². The summed E-state index contributed by atoms with van der Waals surface area (Å²) in [5.41, 5.74) is 2.38. The second-order valence-corrected chi connectivity index (χ2v) is 5.92. The molecule has 0 spiro atoms. The second kappa shape index (κ2) is 7.22. The average Bonchev–Trinajstić information content (AvgIpc) is 3.01. The van der Waals surface area contributed by atoms with E-state index in [1.165, 1.54) is 0 Å². The van der Waals surface area contributed by atoms with Crippen molar-refractivity contribution < 1.29 is 4.79 Å². The molecule has 0 bridgehead atoms. The Balaban J connectivity index is 1.64. The molecule has 1 amide bonds. The van der Waals surface area contributed by atoms with Gasteiger partial charge in [-0.1, -0.05) is 18.2 Å². The first-order valence-electron chi connectivity index (χ1n) is 7.27. The molecule has 3 rings (SSSR count). The van der Waals surface area contributed by atoms with Gasteiger partial charge in [0.1, 0.15) is 0 Å². The van der Waals surface area contributed by atoms with Crippen molar-refractivity contribution >= 4 is 33.2 Å². The standard InChI is InChI=1S/C16H15BrN6O/c1-11-20-21-22-23(11)13-6-4-5-12(9-13)18-10-16(24)19-15-8-3-2-7-14(15)17/h2-9,18H,10H2,1H3,(H,19,24). The fraction of sp³-hybridized carbons (Fsp3) is 0.125. The number of carbonyl (C=O) groups is 1. The van der Waals surface area contributed by atoms with Crippen molar-refractivity contribution in [3.05, 3.63) is 58.8 Å². The van der Waals surface area contributed by atoms with Crippen LogP contribution < -0.4 is 10.6 Å². The van der Waals surface area contributed by atoms with Crippen LogP contribution in [-0.4, -0.2) is 32.7 Å². The van der Waals surface area contributed by atoms with Crippen LogP contribution in [0.4, 0.5) is 11.4 Å². The molecule has 1 heterocycles. The number of carbonyl (C=O) groups excluding carboxylic acids is 1. The highest BCUT2D eigenvalue weighted by atomic mass is 79.9. The maximum absolute atomic E-state index is 12.1. The van der Waals surface area contributed by atoms with Crippen molar-refractivity contribution in [2.24, 2.45) is 0 Å². The Kier molecular flexibility index (Phi) is 4.85. The summed E-state index contributed by atoms with van der Waals surface area (Å²) in [6.45, 7) is 1.98. The van der Waals surface area contributed by atoms with Gasteiger partial charge in [0, 0.05) is 10.2 Å². The molecule has 122 valence electrons. The maximum atomic E-state index is 12.1. The minimum atomic E-state index is -0.133. The Morgan fingerprint density at radius 1 is 1.21 bits per heavy atom. The lowest BCUT2D eigenvalue weighted by Crippen LogP contribution is -2.22. The second-order valence-electron chi connectivity index (χ2n) is 5.07. The predicted octanol–water partition coefficient (Wildman–Crippen LogP) is 2.78. The number of hydrogen-bond donors (Lipinski definition) is 2. The fourth-order valence-corrected chi connectivity index (χ4v) is 2.54. The summed E-state index contributed by atoms with van der Waals surface area (Å²) in [5.74, 6) is 0.560. The number of amides is 1.